The van der Waals surface area contributed by atoms with E-state index in [0.717, 1.165) is 11.4 Å². The molecule has 6 heteroatoms. The lowest BCUT2D eigenvalue weighted by molar-refractivity contribution is -0.121. The number of carbonyl (C=O) groups is 1. The van der Waals surface area contributed by atoms with Gasteiger partial charge in [-0.3, -0.25) is 4.79 Å². The predicted octanol–water partition coefficient (Wildman–Crippen LogP) is 3.64. The topological polar surface area (TPSA) is 59.3 Å². The summed E-state index contributed by atoms with van der Waals surface area (Å²) in [6, 6.07) is 7.92. The zero-order valence-electron chi connectivity index (χ0n) is 13.8. The number of nitrogens with one attached hydrogen (secondary N) is 1. The number of benzene rings is 1. The van der Waals surface area contributed by atoms with E-state index in [0.29, 0.717) is 23.1 Å². The van der Waals surface area contributed by atoms with Crippen molar-refractivity contribution in [3.05, 3.63) is 46.2 Å². The minimum Gasteiger partial charge on any atom is -0.273 e. The maximum Gasteiger partial charge on any atom is 0.240 e. The van der Waals surface area contributed by atoms with Gasteiger partial charge in [0, 0.05) is 6.42 Å². The van der Waals surface area contributed by atoms with Crippen LogP contribution in [0.4, 0.5) is 0 Å². The summed E-state index contributed by atoms with van der Waals surface area (Å²) in [5.41, 5.74) is 6.00. The molecule has 0 saturated heterocycles. The molecule has 0 bridgehead atoms. The largest absolute Gasteiger partial charge is 0.273 e. The molecule has 2 rings (SSSR count). The summed E-state index contributed by atoms with van der Waals surface area (Å²) >= 11 is 6.40. The second-order valence-corrected chi connectivity index (χ2v) is 6.29. The van der Waals surface area contributed by atoms with Crippen LogP contribution in [0.1, 0.15) is 37.1 Å². The Morgan fingerprint density at radius 3 is 2.61 bits per heavy atom. The first kappa shape index (κ1) is 17.2. The Labute approximate surface area is 141 Å². The van der Waals surface area contributed by atoms with Crippen LogP contribution in [0, 0.1) is 19.8 Å². The van der Waals surface area contributed by atoms with Crippen molar-refractivity contribution in [3.63, 3.8) is 0 Å². The molecule has 0 radical (unpaired) electrons. The number of amides is 1. The van der Waals surface area contributed by atoms with Crippen LogP contribution in [0.15, 0.2) is 29.4 Å². The van der Waals surface area contributed by atoms with Crippen molar-refractivity contribution in [2.24, 2.45) is 11.0 Å². The van der Waals surface area contributed by atoms with Crippen molar-refractivity contribution >= 4 is 23.7 Å². The molecular formula is C17H21ClN4O. The highest BCUT2D eigenvalue weighted by Gasteiger charge is 2.13. The average Bonchev–Trinajstić information content (AvgIpc) is 2.75. The molecule has 0 aliphatic carbocycles. The van der Waals surface area contributed by atoms with E-state index in [1.165, 1.54) is 11.8 Å². The van der Waals surface area contributed by atoms with Gasteiger partial charge < -0.3 is 0 Å². The molecule has 1 N–H and O–H groups in total. The highest BCUT2D eigenvalue weighted by molar-refractivity contribution is 6.32. The Bertz CT molecular complexity index is 717. The molecule has 0 unspecified atom stereocenters. The Morgan fingerprint density at radius 1 is 1.35 bits per heavy atom. The molecule has 1 amide bonds. The van der Waals surface area contributed by atoms with Crippen molar-refractivity contribution in [2.75, 3.05) is 0 Å². The van der Waals surface area contributed by atoms with Gasteiger partial charge in [-0.05, 0) is 31.9 Å². The quantitative estimate of drug-likeness (QED) is 0.671. The van der Waals surface area contributed by atoms with Gasteiger partial charge in [-0.25, -0.2) is 10.1 Å². The first-order valence-electron chi connectivity index (χ1n) is 7.52. The molecule has 122 valence electrons. The third-order valence-electron chi connectivity index (χ3n) is 3.30. The van der Waals surface area contributed by atoms with Crippen LogP contribution in [-0.4, -0.2) is 21.9 Å². The monoisotopic (exact) mass is 332 g/mol. The summed E-state index contributed by atoms with van der Waals surface area (Å²) < 4.78 is 1.66. The fraction of sp³-hybridized carbons (Fsp3) is 0.353. The molecule has 1 aromatic heterocycles. The van der Waals surface area contributed by atoms with Gasteiger partial charge in [-0.1, -0.05) is 43.1 Å². The van der Waals surface area contributed by atoms with E-state index in [1.807, 2.05) is 52.0 Å². The molecule has 0 aliphatic heterocycles. The summed E-state index contributed by atoms with van der Waals surface area (Å²) in [4.78, 5) is 11.6. The molecule has 5 nitrogen and oxygen atoms in total. The van der Waals surface area contributed by atoms with Crippen LogP contribution in [-0.2, 0) is 4.79 Å². The summed E-state index contributed by atoms with van der Waals surface area (Å²) in [6.45, 7) is 7.84. The Hall–Kier alpha value is -2.14. The Kier molecular flexibility index (Phi) is 5.55. The molecule has 0 spiro atoms. The van der Waals surface area contributed by atoms with Crippen LogP contribution < -0.4 is 5.43 Å². The Morgan fingerprint density at radius 2 is 2.00 bits per heavy atom. The third-order valence-corrected chi connectivity index (χ3v) is 3.67. The van der Waals surface area contributed by atoms with Gasteiger partial charge in [0.15, 0.2) is 0 Å². The third kappa shape index (κ3) is 4.42. The summed E-state index contributed by atoms with van der Waals surface area (Å²) in [5.74, 6) is 0.177. The SMILES string of the molecule is Cc1ccc(-n2nc(C)c(/C=N\NC(=O)CC(C)C)c2Cl)cc1. The van der Waals surface area contributed by atoms with Crippen LogP contribution >= 0.6 is 11.6 Å². The van der Waals surface area contributed by atoms with Gasteiger partial charge in [0.2, 0.25) is 5.91 Å². The molecule has 0 fully saturated rings. The zero-order chi connectivity index (χ0) is 17.0. The molecule has 23 heavy (non-hydrogen) atoms. The number of aryl methyl sites for hydroxylation is 2. The number of aromatic nitrogens is 2. The van der Waals surface area contributed by atoms with Crippen molar-refractivity contribution in [1.82, 2.24) is 15.2 Å². The number of nitrogens with zero attached hydrogens (tertiary/aromatic N) is 3. The van der Waals surface area contributed by atoms with E-state index in [1.54, 1.807) is 4.68 Å². The maximum absolute atomic E-state index is 11.6. The van der Waals surface area contributed by atoms with Gasteiger partial charge in [0.05, 0.1) is 23.2 Å². The first-order chi connectivity index (χ1) is 10.9. The van der Waals surface area contributed by atoms with Crippen molar-refractivity contribution in [1.29, 1.82) is 0 Å². The number of hydrogen-bond acceptors (Lipinski definition) is 3. The minimum absolute atomic E-state index is 0.115. The highest BCUT2D eigenvalue weighted by atomic mass is 35.5. The molecule has 1 heterocycles. The second-order valence-electron chi connectivity index (χ2n) is 5.93. The number of carbonyl (C=O) groups excluding carboxylic acids is 1. The van der Waals surface area contributed by atoms with E-state index in [2.05, 4.69) is 15.6 Å². The van der Waals surface area contributed by atoms with Crippen LogP contribution in [0.5, 0.6) is 0 Å². The molecule has 2 aromatic rings. The van der Waals surface area contributed by atoms with E-state index in [4.69, 9.17) is 11.6 Å². The first-order valence-corrected chi connectivity index (χ1v) is 7.90. The Balaban J connectivity index is 2.18. The van der Waals surface area contributed by atoms with Gasteiger partial charge in [-0.15, -0.1) is 0 Å². The lowest BCUT2D eigenvalue weighted by atomic mass is 10.1. The van der Waals surface area contributed by atoms with E-state index < -0.39 is 0 Å². The fourth-order valence-electron chi connectivity index (χ4n) is 2.10. The smallest absolute Gasteiger partial charge is 0.240 e. The summed E-state index contributed by atoms with van der Waals surface area (Å²) in [7, 11) is 0. The van der Waals surface area contributed by atoms with Crippen molar-refractivity contribution in [3.8, 4) is 5.69 Å². The molecule has 0 atom stereocenters. The standard InChI is InChI=1S/C17H21ClN4O/c1-11(2)9-16(23)20-19-10-15-13(4)21-22(17(15)18)14-7-5-12(3)6-8-14/h5-8,10-11H,9H2,1-4H3,(H,20,23)/b19-10-. The van der Waals surface area contributed by atoms with E-state index in [9.17, 15) is 4.79 Å². The maximum atomic E-state index is 11.6. The van der Waals surface area contributed by atoms with Crippen LogP contribution in [0.2, 0.25) is 5.15 Å². The van der Waals surface area contributed by atoms with Gasteiger partial charge in [-0.2, -0.15) is 10.2 Å². The van der Waals surface area contributed by atoms with E-state index >= 15 is 0 Å². The zero-order valence-corrected chi connectivity index (χ0v) is 14.6. The average molecular weight is 333 g/mol. The number of rotatable bonds is 5. The predicted molar refractivity (Wildman–Crippen MR) is 93.2 cm³/mol. The normalized spacial score (nSPS) is 11.4. The van der Waals surface area contributed by atoms with Crippen molar-refractivity contribution < 1.29 is 4.79 Å². The summed E-state index contributed by atoms with van der Waals surface area (Å²) in [6.07, 6.45) is 1.97. The van der Waals surface area contributed by atoms with Crippen molar-refractivity contribution in [2.45, 2.75) is 34.1 Å². The van der Waals surface area contributed by atoms with Gasteiger partial charge in [0.1, 0.15) is 5.15 Å². The minimum atomic E-state index is -0.115. The lowest BCUT2D eigenvalue weighted by Gasteiger charge is -2.03. The van der Waals surface area contributed by atoms with E-state index in [-0.39, 0.29) is 5.91 Å². The van der Waals surface area contributed by atoms with Gasteiger partial charge in [0.25, 0.3) is 0 Å². The van der Waals surface area contributed by atoms with Crippen LogP contribution in [0.25, 0.3) is 5.69 Å². The molecule has 0 aliphatic rings. The second kappa shape index (κ2) is 7.42. The lowest BCUT2D eigenvalue weighted by Crippen LogP contribution is -2.19. The molecule has 1 aromatic carbocycles. The van der Waals surface area contributed by atoms with Gasteiger partial charge >= 0.3 is 0 Å². The molecule has 0 saturated carbocycles. The highest BCUT2D eigenvalue weighted by Crippen LogP contribution is 2.22. The molecular weight excluding hydrogens is 312 g/mol. The fourth-order valence-corrected chi connectivity index (χ4v) is 2.42. The van der Waals surface area contributed by atoms with Crippen LogP contribution in [0.3, 0.4) is 0 Å². The number of hydrogen-bond donors (Lipinski definition) is 1. The summed E-state index contributed by atoms with van der Waals surface area (Å²) in [5, 5.41) is 8.88. The number of halogens is 1. The number of hydrazone groups is 1.